The van der Waals surface area contributed by atoms with E-state index in [9.17, 15) is 24.6 Å². The molecule has 0 amide bonds. The Hall–Kier alpha value is 0.469. The van der Waals surface area contributed by atoms with Crippen LogP contribution in [-0.4, -0.2) is 90.7 Å². The fourth-order valence-electron chi connectivity index (χ4n) is 2.67. The molecule has 23 heavy (non-hydrogen) atoms. The predicted molar refractivity (Wildman–Crippen MR) is 78.1 cm³/mol. The van der Waals surface area contributed by atoms with Crippen molar-refractivity contribution in [2.45, 2.75) is 26.1 Å². The predicted octanol–water partition coefficient (Wildman–Crippen LogP) is -3.10. The molecule has 0 unspecified atom stereocenters. The molecule has 1 N–H and O–H groups in total. The molecule has 0 aromatic rings. The van der Waals surface area contributed by atoms with E-state index in [0.717, 1.165) is 0 Å². The minimum absolute atomic E-state index is 0. The molecule has 1 aliphatic heterocycles. The van der Waals surface area contributed by atoms with Gasteiger partial charge in [-0.25, -0.2) is 0 Å². The largest absolute Gasteiger partial charge is 5.00 e. The molecular weight excluding hydrogens is 365 g/mol. The number of rotatable bonds is 6. The first-order valence-corrected chi connectivity index (χ1v) is 9.40. The Kier molecular flexibility index (Phi) is 11.4. The summed E-state index contributed by atoms with van der Waals surface area (Å²) in [5.74, 6) is 0. The Morgan fingerprint density at radius 2 is 1.35 bits per heavy atom. The van der Waals surface area contributed by atoms with Crippen LogP contribution in [-0.2, 0) is 21.6 Å². The summed E-state index contributed by atoms with van der Waals surface area (Å²) in [6.45, 7) is 7.64. The molecule has 1 heterocycles. The number of hydrogen-bond donors (Lipinski definition) is 1. The zero-order chi connectivity index (χ0) is 16.8. The summed E-state index contributed by atoms with van der Waals surface area (Å²) in [5, 5.41) is 20.9. The van der Waals surface area contributed by atoms with Gasteiger partial charge in [0.2, 0.25) is 0 Å². The average Bonchev–Trinajstić information content (AvgIpc) is 2.41. The number of aliphatic hydroxyl groups excluding tert-OH is 1. The molecule has 0 aromatic heterocycles. The van der Waals surface area contributed by atoms with Crippen LogP contribution in [0.1, 0.15) is 13.8 Å². The summed E-state index contributed by atoms with van der Waals surface area (Å²) in [6, 6.07) is 0. The van der Waals surface area contributed by atoms with Crippen LogP contribution >= 0.6 is 7.60 Å². The number of β-amino-alcohol motifs (C(OH)–C–C–N with tert-alkyl or cyclic N) is 1. The zero-order valence-corrected chi connectivity index (χ0v) is 15.7. The van der Waals surface area contributed by atoms with Gasteiger partial charge < -0.3 is 29.5 Å². The molecule has 0 bridgehead atoms. The van der Waals surface area contributed by atoms with Crippen LogP contribution in [0.15, 0.2) is 0 Å². The molecule has 135 valence electrons. The molecule has 0 spiro atoms. The summed E-state index contributed by atoms with van der Waals surface area (Å²) in [4.78, 5) is 27.7. The first-order chi connectivity index (χ1) is 10.2. The molecule has 1 fully saturated rings. The third-order valence-electron chi connectivity index (χ3n) is 3.61. The second-order valence-electron chi connectivity index (χ2n) is 6.13. The minimum Gasteiger partial charge on any atom is -0.851 e. The second-order valence-corrected chi connectivity index (χ2v) is 7.64. The fourth-order valence-corrected chi connectivity index (χ4v) is 3.45. The van der Waals surface area contributed by atoms with Gasteiger partial charge in [-0.05, 0) is 13.5 Å². The molecule has 1 saturated heterocycles. The van der Waals surface area contributed by atoms with Gasteiger partial charge in [0.15, 0.2) is 0 Å². The standard InChI is InChI=1S/C13H29N3O5P.Fe/c1-12(17)9-14-3-4-15(10-13(2)18)6-8-16(7-5-14)11-22(19,20)21;/h12-13,17H,3-11H2,1-2H3,(H2,19,20,21);/q-1;+5/p-2/t12-,13-;/m0./s1. The Bertz CT molecular complexity index is 348. The van der Waals surface area contributed by atoms with Gasteiger partial charge >= 0.3 is 17.1 Å². The van der Waals surface area contributed by atoms with Crippen molar-refractivity contribution in [3.8, 4) is 0 Å². The maximum Gasteiger partial charge on any atom is 5.00 e. The first kappa shape index (κ1) is 23.5. The van der Waals surface area contributed by atoms with Crippen LogP contribution in [0.25, 0.3) is 0 Å². The molecule has 1 aliphatic rings. The van der Waals surface area contributed by atoms with Crippen LogP contribution in [0.2, 0.25) is 0 Å². The van der Waals surface area contributed by atoms with Crippen molar-refractivity contribution in [2.24, 2.45) is 0 Å². The van der Waals surface area contributed by atoms with Gasteiger partial charge in [0.25, 0.3) is 0 Å². The van der Waals surface area contributed by atoms with Crippen molar-refractivity contribution in [2.75, 3.05) is 58.6 Å². The zero-order valence-electron chi connectivity index (χ0n) is 13.7. The Labute approximate surface area is 149 Å². The van der Waals surface area contributed by atoms with Crippen LogP contribution < -0.4 is 14.9 Å². The third kappa shape index (κ3) is 11.6. The molecule has 0 saturated carbocycles. The summed E-state index contributed by atoms with van der Waals surface area (Å²) in [7, 11) is -4.60. The monoisotopic (exact) mass is 392 g/mol. The SMILES string of the molecule is C[C@H]([O-])CN1CCN(C[C@H](C)O)CCN(CP(=O)([O-])[O-])CC1.[Fe+5]. The fraction of sp³-hybridized carbons (Fsp3) is 1.00. The molecule has 8 nitrogen and oxygen atoms in total. The van der Waals surface area contributed by atoms with E-state index in [2.05, 4.69) is 0 Å². The quantitative estimate of drug-likeness (QED) is 0.374. The van der Waals surface area contributed by atoms with E-state index in [1.807, 2.05) is 9.80 Å². The molecule has 10 heteroatoms. The molecule has 2 atom stereocenters. The van der Waals surface area contributed by atoms with Gasteiger partial charge in [-0.3, -0.25) is 9.80 Å². The Balaban J connectivity index is 0.00000484. The van der Waals surface area contributed by atoms with Gasteiger partial charge in [0.05, 0.1) is 6.10 Å². The maximum atomic E-state index is 11.4. The summed E-state index contributed by atoms with van der Waals surface area (Å²) in [5.41, 5.74) is 0. The van der Waals surface area contributed by atoms with E-state index >= 15 is 0 Å². The van der Waals surface area contributed by atoms with E-state index in [4.69, 9.17) is 0 Å². The number of nitrogens with zero attached hydrogens (tertiary/aromatic N) is 3. The summed E-state index contributed by atoms with van der Waals surface area (Å²) < 4.78 is 11.0. The van der Waals surface area contributed by atoms with Gasteiger partial charge in [0.1, 0.15) is 0 Å². The van der Waals surface area contributed by atoms with Crippen molar-refractivity contribution < 1.29 is 41.6 Å². The van der Waals surface area contributed by atoms with E-state index in [0.29, 0.717) is 52.4 Å². The molecule has 1 radical (unpaired) electrons. The minimum atomic E-state index is -4.60. The van der Waals surface area contributed by atoms with Crippen molar-refractivity contribution in [1.82, 2.24) is 14.7 Å². The van der Waals surface area contributed by atoms with Crippen molar-refractivity contribution >= 4 is 7.60 Å². The molecule has 0 aromatic carbocycles. The van der Waals surface area contributed by atoms with Crippen molar-refractivity contribution in [3.05, 3.63) is 0 Å². The van der Waals surface area contributed by atoms with Crippen LogP contribution in [0.4, 0.5) is 0 Å². The van der Waals surface area contributed by atoms with E-state index < -0.39 is 26.1 Å². The van der Waals surface area contributed by atoms with Crippen LogP contribution in [0, 0.1) is 0 Å². The third-order valence-corrected chi connectivity index (χ3v) is 4.35. The van der Waals surface area contributed by atoms with Crippen molar-refractivity contribution in [1.29, 1.82) is 0 Å². The first-order valence-electron chi connectivity index (χ1n) is 7.68. The Morgan fingerprint density at radius 1 is 0.957 bits per heavy atom. The number of aliphatic hydroxyl groups is 1. The molecular formula is C13H27FeN3O5P+2. The maximum absolute atomic E-state index is 11.4. The van der Waals surface area contributed by atoms with E-state index in [-0.39, 0.29) is 17.1 Å². The number of hydrogen-bond acceptors (Lipinski definition) is 8. The smallest absolute Gasteiger partial charge is 0.851 e. The van der Waals surface area contributed by atoms with Crippen LogP contribution in [0.5, 0.6) is 0 Å². The second kappa shape index (κ2) is 11.2. The molecule has 1 rings (SSSR count). The van der Waals surface area contributed by atoms with Gasteiger partial charge in [0, 0.05) is 52.1 Å². The van der Waals surface area contributed by atoms with Crippen molar-refractivity contribution in [3.63, 3.8) is 0 Å². The summed E-state index contributed by atoms with van der Waals surface area (Å²) >= 11 is 0. The normalized spacial score (nSPS) is 22.5. The van der Waals surface area contributed by atoms with E-state index in [1.54, 1.807) is 18.7 Å². The molecule has 0 aliphatic carbocycles. The van der Waals surface area contributed by atoms with E-state index in [1.165, 1.54) is 0 Å². The van der Waals surface area contributed by atoms with Crippen LogP contribution in [0.3, 0.4) is 0 Å². The average molecular weight is 392 g/mol. The summed E-state index contributed by atoms with van der Waals surface area (Å²) in [6.07, 6.45) is -1.69. The van der Waals surface area contributed by atoms with Gasteiger partial charge in [-0.15, -0.1) is 6.10 Å². The topological polar surface area (TPSA) is 116 Å². The van der Waals surface area contributed by atoms with Gasteiger partial charge in [-0.1, -0.05) is 14.5 Å². The Morgan fingerprint density at radius 3 is 1.70 bits per heavy atom. The van der Waals surface area contributed by atoms with Gasteiger partial charge in [-0.2, -0.15) is 0 Å².